The molecule has 1 saturated carbocycles. The van der Waals surface area contributed by atoms with Gasteiger partial charge in [0.15, 0.2) is 0 Å². The lowest BCUT2D eigenvalue weighted by Gasteiger charge is -2.39. The molecule has 0 aromatic heterocycles. The van der Waals surface area contributed by atoms with Gasteiger partial charge in [0, 0.05) is 32.1 Å². The minimum Gasteiger partial charge on any atom is -0.481 e. The van der Waals surface area contributed by atoms with Crippen molar-refractivity contribution in [3.8, 4) is 0 Å². The molecule has 1 aliphatic carbocycles. The summed E-state index contributed by atoms with van der Waals surface area (Å²) in [5, 5.41) is 9.68. The van der Waals surface area contributed by atoms with Crippen molar-refractivity contribution in [2.45, 2.75) is 57.9 Å². The zero-order valence-corrected chi connectivity index (χ0v) is 13.3. The third kappa shape index (κ3) is 3.76. The number of nitrogens with zero attached hydrogens (tertiary/aromatic N) is 2. The Labute approximate surface area is 127 Å². The summed E-state index contributed by atoms with van der Waals surface area (Å²) in [5.74, 6) is -0.751. The van der Waals surface area contributed by atoms with Gasteiger partial charge in [0.25, 0.3) is 0 Å². The van der Waals surface area contributed by atoms with E-state index in [9.17, 15) is 14.7 Å². The van der Waals surface area contributed by atoms with Gasteiger partial charge >= 0.3 is 5.97 Å². The molecule has 0 aromatic carbocycles. The van der Waals surface area contributed by atoms with Crippen LogP contribution in [0.1, 0.15) is 51.9 Å². The van der Waals surface area contributed by atoms with Crippen LogP contribution in [0, 0.1) is 5.41 Å². The van der Waals surface area contributed by atoms with Crippen molar-refractivity contribution < 1.29 is 14.7 Å². The van der Waals surface area contributed by atoms with Gasteiger partial charge in [-0.25, -0.2) is 0 Å². The lowest BCUT2D eigenvalue weighted by atomic mass is 9.77. The maximum atomic E-state index is 12.6. The Kier molecular flexibility index (Phi) is 5.25. The highest BCUT2D eigenvalue weighted by atomic mass is 16.4. The highest BCUT2D eigenvalue weighted by Gasteiger charge is 2.42. The highest BCUT2D eigenvalue weighted by molar-refractivity contribution is 5.85. The minimum absolute atomic E-state index is 0.0271. The summed E-state index contributed by atoms with van der Waals surface area (Å²) in [6.45, 7) is 4.41. The number of carbonyl (C=O) groups is 2. The minimum atomic E-state index is -0.819. The topological polar surface area (TPSA) is 60.9 Å². The van der Waals surface area contributed by atoms with E-state index >= 15 is 0 Å². The molecule has 120 valence electrons. The van der Waals surface area contributed by atoms with Crippen LogP contribution in [0.2, 0.25) is 0 Å². The van der Waals surface area contributed by atoms with Crippen molar-refractivity contribution in [3.63, 3.8) is 0 Å². The Balaban J connectivity index is 2.03. The first kappa shape index (κ1) is 16.3. The number of hydrogen-bond donors (Lipinski definition) is 1. The number of amides is 1. The van der Waals surface area contributed by atoms with Gasteiger partial charge in [-0.1, -0.05) is 25.7 Å². The normalized spacial score (nSPS) is 27.1. The van der Waals surface area contributed by atoms with Crippen LogP contribution >= 0.6 is 0 Å². The van der Waals surface area contributed by atoms with Crippen molar-refractivity contribution >= 4 is 11.9 Å². The van der Waals surface area contributed by atoms with E-state index in [1.54, 1.807) is 0 Å². The van der Waals surface area contributed by atoms with Gasteiger partial charge in [-0.3, -0.25) is 9.59 Å². The molecule has 0 spiro atoms. The summed E-state index contributed by atoms with van der Waals surface area (Å²) in [4.78, 5) is 28.5. The van der Waals surface area contributed by atoms with E-state index in [0.29, 0.717) is 25.4 Å². The number of carboxylic acid groups (broad SMARTS) is 1. The third-order valence-corrected chi connectivity index (χ3v) is 5.32. The predicted octanol–water partition coefficient (Wildman–Crippen LogP) is 1.96. The van der Waals surface area contributed by atoms with Gasteiger partial charge < -0.3 is 14.9 Å². The fraction of sp³-hybridized carbons (Fsp3) is 0.875. The average Bonchev–Trinajstić information content (AvgIpc) is 2.68. The molecule has 21 heavy (non-hydrogen) atoms. The first-order valence-electron chi connectivity index (χ1n) is 8.16. The summed E-state index contributed by atoms with van der Waals surface area (Å²) in [5.41, 5.74) is -0.819. The van der Waals surface area contributed by atoms with Crippen LogP contribution in [0.3, 0.4) is 0 Å². The van der Waals surface area contributed by atoms with Crippen molar-refractivity contribution in [1.29, 1.82) is 0 Å². The molecule has 0 radical (unpaired) electrons. The van der Waals surface area contributed by atoms with Crippen LogP contribution in [0.15, 0.2) is 0 Å². The lowest BCUT2D eigenvalue weighted by Crippen LogP contribution is -2.53. The number of aliphatic carboxylic acids is 1. The number of rotatable bonds is 3. The fourth-order valence-electron chi connectivity index (χ4n) is 3.55. The third-order valence-electron chi connectivity index (χ3n) is 5.32. The molecule has 1 heterocycles. The van der Waals surface area contributed by atoms with Gasteiger partial charge in [-0.2, -0.15) is 0 Å². The number of carbonyl (C=O) groups excluding carboxylic acids is 1. The maximum absolute atomic E-state index is 12.6. The first-order valence-corrected chi connectivity index (χ1v) is 8.16. The van der Waals surface area contributed by atoms with Crippen LogP contribution in [0.4, 0.5) is 0 Å². The van der Waals surface area contributed by atoms with Gasteiger partial charge in [-0.05, 0) is 26.8 Å². The Morgan fingerprint density at radius 2 is 1.76 bits per heavy atom. The molecule has 1 aliphatic heterocycles. The van der Waals surface area contributed by atoms with E-state index in [-0.39, 0.29) is 12.3 Å². The number of hydrogen-bond acceptors (Lipinski definition) is 3. The Bertz CT molecular complexity index is 389. The predicted molar refractivity (Wildman–Crippen MR) is 81.1 cm³/mol. The van der Waals surface area contributed by atoms with E-state index in [0.717, 1.165) is 38.8 Å². The fourth-order valence-corrected chi connectivity index (χ4v) is 3.55. The lowest BCUT2D eigenvalue weighted by molar-refractivity contribution is -0.155. The quantitative estimate of drug-likeness (QED) is 0.809. The molecule has 1 unspecified atom stereocenters. The Hall–Kier alpha value is -1.10. The zero-order valence-electron chi connectivity index (χ0n) is 13.3. The molecule has 5 heteroatoms. The summed E-state index contributed by atoms with van der Waals surface area (Å²) in [6.07, 6.45) is 5.52. The van der Waals surface area contributed by atoms with Crippen LogP contribution in [-0.2, 0) is 9.59 Å². The largest absolute Gasteiger partial charge is 0.481 e. The molecule has 1 amide bonds. The van der Waals surface area contributed by atoms with Crippen molar-refractivity contribution in [2.24, 2.45) is 5.41 Å². The van der Waals surface area contributed by atoms with Gasteiger partial charge in [0.1, 0.15) is 0 Å². The summed E-state index contributed by atoms with van der Waals surface area (Å²) in [7, 11) is 2.07. The second-order valence-electron chi connectivity index (χ2n) is 6.85. The van der Waals surface area contributed by atoms with Crippen LogP contribution in [-0.4, -0.2) is 59.5 Å². The highest BCUT2D eigenvalue weighted by Crippen LogP contribution is 2.39. The Morgan fingerprint density at radius 3 is 2.29 bits per heavy atom. The molecule has 2 aliphatic rings. The molecule has 1 atom stereocenters. The summed E-state index contributed by atoms with van der Waals surface area (Å²) in [6, 6.07) is 0.345. The van der Waals surface area contributed by atoms with Crippen molar-refractivity contribution in [3.05, 3.63) is 0 Å². The molecule has 2 rings (SSSR count). The monoisotopic (exact) mass is 296 g/mol. The summed E-state index contributed by atoms with van der Waals surface area (Å²) >= 11 is 0. The molecule has 0 bridgehead atoms. The number of likely N-dealkylation sites (N-methyl/N-ethyl adjacent to an activating group) is 1. The molecular formula is C16H28N2O3. The standard InChI is InChI=1S/C16H28N2O3/c1-13-12-18(10-9-17(13)2)14(19)11-16(15(20)21)7-5-3-4-6-8-16/h13H,3-12H2,1-2H3,(H,20,21). The molecule has 2 fully saturated rings. The van der Waals surface area contributed by atoms with Crippen LogP contribution in [0.5, 0.6) is 0 Å². The summed E-state index contributed by atoms with van der Waals surface area (Å²) < 4.78 is 0. The average molecular weight is 296 g/mol. The zero-order chi connectivity index (χ0) is 15.5. The van der Waals surface area contributed by atoms with Crippen LogP contribution in [0.25, 0.3) is 0 Å². The van der Waals surface area contributed by atoms with E-state index in [1.807, 2.05) is 4.90 Å². The molecule has 5 nitrogen and oxygen atoms in total. The smallest absolute Gasteiger partial charge is 0.310 e. The van der Waals surface area contributed by atoms with E-state index in [2.05, 4.69) is 18.9 Å². The van der Waals surface area contributed by atoms with Gasteiger partial charge in [0.05, 0.1) is 5.41 Å². The van der Waals surface area contributed by atoms with E-state index in [4.69, 9.17) is 0 Å². The first-order chi connectivity index (χ1) is 9.94. The van der Waals surface area contributed by atoms with Crippen LogP contribution < -0.4 is 0 Å². The molecule has 1 saturated heterocycles. The SMILES string of the molecule is CC1CN(C(=O)CC2(C(=O)O)CCCCCC2)CCN1C. The number of carboxylic acids is 1. The Morgan fingerprint density at radius 1 is 1.14 bits per heavy atom. The number of piperazine rings is 1. The maximum Gasteiger partial charge on any atom is 0.310 e. The molecular weight excluding hydrogens is 268 g/mol. The second kappa shape index (κ2) is 6.77. The van der Waals surface area contributed by atoms with Crippen molar-refractivity contribution in [2.75, 3.05) is 26.7 Å². The van der Waals surface area contributed by atoms with Gasteiger partial charge in [0.2, 0.25) is 5.91 Å². The molecule has 0 aromatic rings. The van der Waals surface area contributed by atoms with Gasteiger partial charge in [-0.15, -0.1) is 0 Å². The molecule has 1 N–H and O–H groups in total. The second-order valence-corrected chi connectivity index (χ2v) is 6.85. The van der Waals surface area contributed by atoms with Crippen molar-refractivity contribution in [1.82, 2.24) is 9.80 Å². The van der Waals surface area contributed by atoms with E-state index < -0.39 is 11.4 Å². The van der Waals surface area contributed by atoms with E-state index in [1.165, 1.54) is 0 Å².